The van der Waals surface area contributed by atoms with E-state index in [0.717, 1.165) is 68.8 Å². The molecule has 2 aromatic heterocycles. The second-order valence-corrected chi connectivity index (χ2v) is 18.2. The summed E-state index contributed by atoms with van der Waals surface area (Å²) in [4.78, 5) is 36.1. The van der Waals surface area contributed by atoms with Crippen LogP contribution in [0.15, 0.2) is 72.9 Å². The third-order valence-electron chi connectivity index (χ3n) is 14.2. The number of hydrogen-bond donors (Lipinski definition) is 5. The summed E-state index contributed by atoms with van der Waals surface area (Å²) < 4.78 is 35.0. The van der Waals surface area contributed by atoms with Crippen LogP contribution in [-0.4, -0.2) is 112 Å². The highest BCUT2D eigenvalue weighted by molar-refractivity contribution is 5.95. The van der Waals surface area contributed by atoms with E-state index in [1.54, 1.807) is 4.90 Å². The van der Waals surface area contributed by atoms with Gasteiger partial charge in [-0.25, -0.2) is 23.8 Å². The molecule has 0 radical (unpaired) electrons. The summed E-state index contributed by atoms with van der Waals surface area (Å²) in [5, 5.41) is 16.7. The van der Waals surface area contributed by atoms with Gasteiger partial charge in [0, 0.05) is 74.1 Å². The van der Waals surface area contributed by atoms with E-state index in [0.29, 0.717) is 57.5 Å². The van der Waals surface area contributed by atoms with E-state index >= 15 is 8.78 Å². The summed E-state index contributed by atoms with van der Waals surface area (Å²) >= 11 is 0. The number of piperidine rings is 3. The second-order valence-electron chi connectivity index (χ2n) is 18.2. The molecule has 2 unspecified atom stereocenters. The van der Waals surface area contributed by atoms with Crippen LogP contribution < -0.4 is 26.4 Å². The number of nitrogens with zero attached hydrogens (tertiary/aromatic N) is 6. The van der Waals surface area contributed by atoms with Crippen molar-refractivity contribution in [2.45, 2.75) is 69.8 Å². The Balaban J connectivity index is 0.680. The SMILES string of the molecule is Cn1c(CN2CCC(c3ccc(C(=O)N4CCC(C=[N+]5CCN(c6c(F)cc(NC7CCC(=O)NC7O)cc6F)CC5)CC4)cc3)CC2)cc2c(-c3ccc4c(c3)CNN4)ccnc21. The molecule has 0 spiro atoms. The number of halogens is 2. The van der Waals surface area contributed by atoms with Crippen LogP contribution in [0.4, 0.5) is 25.8 Å². The van der Waals surface area contributed by atoms with Gasteiger partial charge in [0.1, 0.15) is 23.8 Å². The van der Waals surface area contributed by atoms with Crippen LogP contribution in [0.3, 0.4) is 0 Å². The lowest BCUT2D eigenvalue weighted by Crippen LogP contribution is -2.51. The number of benzene rings is 3. The minimum atomic E-state index is -1.12. The maximum absolute atomic E-state index is 15.3. The molecule has 4 fully saturated rings. The van der Waals surface area contributed by atoms with E-state index in [1.807, 2.05) is 23.2 Å². The molecule has 64 heavy (non-hydrogen) atoms. The third-order valence-corrected chi connectivity index (χ3v) is 14.2. The summed E-state index contributed by atoms with van der Waals surface area (Å²) in [6.45, 7) is 7.36. The van der Waals surface area contributed by atoms with Gasteiger partial charge in [-0.2, -0.15) is 0 Å². The molecule has 10 rings (SSSR count). The van der Waals surface area contributed by atoms with Gasteiger partial charge in [0.25, 0.3) is 5.91 Å². The van der Waals surface area contributed by atoms with E-state index in [1.165, 1.54) is 45.5 Å². The zero-order valence-corrected chi connectivity index (χ0v) is 36.3. The van der Waals surface area contributed by atoms with Crippen LogP contribution in [0.25, 0.3) is 22.2 Å². The Morgan fingerprint density at radius 3 is 2.41 bits per heavy atom. The topological polar surface area (TPSA) is 133 Å². The van der Waals surface area contributed by atoms with Crippen LogP contribution in [0, 0.1) is 17.6 Å². The molecule has 2 amide bonds. The lowest BCUT2D eigenvalue weighted by atomic mass is 9.88. The summed E-state index contributed by atoms with van der Waals surface area (Å²) in [5.41, 5.74) is 15.7. The molecule has 4 saturated heterocycles. The van der Waals surface area contributed by atoms with E-state index in [-0.39, 0.29) is 29.6 Å². The first kappa shape index (κ1) is 42.1. The Kier molecular flexibility index (Phi) is 11.8. The fraction of sp³-hybridized carbons (Fsp3) is 0.429. The predicted octanol–water partition coefficient (Wildman–Crippen LogP) is 5.79. The number of nitrogens with one attached hydrogen (secondary N) is 4. The van der Waals surface area contributed by atoms with E-state index in [2.05, 4.69) is 91.3 Å². The summed E-state index contributed by atoms with van der Waals surface area (Å²) in [6.07, 6.45) is 7.55. The largest absolute Gasteiger partial charge is 0.378 e. The standard InChI is InChI=1S/C49H56F2N10O3/c1-57-38(27-40-39(10-15-52-47(40)57)35-6-7-43-36(24-35)28-53-56-43)30-58-16-13-33(14-17-58)32-2-4-34(5-3-32)49(64)61-18-11-31(12-19-61)29-59-20-22-60(23-21-59)46-41(50)25-37(26-42(46)51)54-44-8-9-45(62)55-48(44)63/h2-7,10,15,24-27,29,31,33,44,48,53-54,63H,8-9,11-14,16-23,28,30H2,1H3,(H-,52,55,56,62)/p+1. The molecule has 5 aromatic rings. The van der Waals surface area contributed by atoms with Crippen LogP contribution in [0.5, 0.6) is 0 Å². The highest BCUT2D eigenvalue weighted by atomic mass is 19.1. The number of carbonyl (C=O) groups excluding carboxylic acids is 2. The van der Waals surface area contributed by atoms with Crippen LogP contribution in [0.1, 0.15) is 71.6 Å². The maximum atomic E-state index is 15.3. The molecule has 0 bridgehead atoms. The fourth-order valence-corrected chi connectivity index (χ4v) is 10.4. The number of aromatic nitrogens is 2. The molecule has 334 valence electrons. The van der Waals surface area contributed by atoms with Crippen molar-refractivity contribution in [2.24, 2.45) is 13.0 Å². The number of pyridine rings is 1. The van der Waals surface area contributed by atoms with E-state index in [4.69, 9.17) is 4.98 Å². The molecule has 0 aliphatic carbocycles. The zero-order valence-electron chi connectivity index (χ0n) is 36.3. The number of aliphatic hydroxyl groups excluding tert-OH is 1. The van der Waals surface area contributed by atoms with E-state index < -0.39 is 23.9 Å². The summed E-state index contributed by atoms with van der Waals surface area (Å²) in [5.74, 6) is -0.689. The Morgan fingerprint density at radius 1 is 0.922 bits per heavy atom. The number of hydrazine groups is 1. The number of anilines is 3. The number of aryl methyl sites for hydroxylation is 1. The van der Waals surface area contributed by atoms with Gasteiger partial charge < -0.3 is 35.5 Å². The molecule has 0 saturated carbocycles. The number of amides is 2. The van der Waals surface area contributed by atoms with Crippen molar-refractivity contribution in [3.8, 4) is 11.1 Å². The van der Waals surface area contributed by atoms with Crippen molar-refractivity contribution >= 4 is 46.1 Å². The molecular formula is C49H57F2N10O3+. The number of carbonyl (C=O) groups is 2. The fourth-order valence-electron chi connectivity index (χ4n) is 10.4. The number of hydrogen-bond acceptors (Lipinski definition) is 9. The second kappa shape index (κ2) is 17.9. The Hall–Kier alpha value is -5.90. The zero-order chi connectivity index (χ0) is 43.9. The quantitative estimate of drug-likeness (QED) is 0.117. The lowest BCUT2D eigenvalue weighted by molar-refractivity contribution is -0.527. The molecule has 15 heteroatoms. The van der Waals surface area contributed by atoms with Gasteiger partial charge in [0.15, 0.2) is 24.7 Å². The number of likely N-dealkylation sites (tertiary alicyclic amines) is 2. The third kappa shape index (κ3) is 8.68. The van der Waals surface area contributed by atoms with Gasteiger partial charge >= 0.3 is 0 Å². The Bertz CT molecular complexity index is 2550. The molecular weight excluding hydrogens is 815 g/mol. The van der Waals surface area contributed by atoms with Gasteiger partial charge in [-0.05, 0) is 122 Å². The van der Waals surface area contributed by atoms with Gasteiger partial charge in [-0.1, -0.05) is 18.2 Å². The summed E-state index contributed by atoms with van der Waals surface area (Å²) in [6, 6.07) is 21.3. The number of piperazine rings is 1. The smallest absolute Gasteiger partial charge is 0.253 e. The van der Waals surface area contributed by atoms with Crippen molar-refractivity contribution in [1.29, 1.82) is 0 Å². The van der Waals surface area contributed by atoms with Crippen molar-refractivity contribution in [2.75, 3.05) is 68.0 Å². The van der Waals surface area contributed by atoms with Crippen molar-refractivity contribution < 1.29 is 28.1 Å². The van der Waals surface area contributed by atoms with E-state index in [9.17, 15) is 14.7 Å². The van der Waals surface area contributed by atoms with Gasteiger partial charge in [0.05, 0.1) is 24.8 Å². The number of aliphatic hydroxyl groups is 1. The first-order valence-corrected chi connectivity index (χ1v) is 22.9. The molecule has 5 aliphatic heterocycles. The van der Waals surface area contributed by atoms with Crippen molar-refractivity contribution in [1.82, 2.24) is 30.1 Å². The molecule has 5 aliphatic rings. The van der Waals surface area contributed by atoms with Gasteiger partial charge in [-0.15, -0.1) is 0 Å². The molecule has 13 nitrogen and oxygen atoms in total. The molecule has 2 atom stereocenters. The minimum absolute atomic E-state index is 0.0454. The van der Waals surface area contributed by atoms with Crippen LogP contribution >= 0.6 is 0 Å². The summed E-state index contributed by atoms with van der Waals surface area (Å²) in [7, 11) is 2.12. The number of fused-ring (bicyclic) bond motifs is 2. The Morgan fingerprint density at radius 2 is 1.67 bits per heavy atom. The van der Waals surface area contributed by atoms with Crippen molar-refractivity contribution in [3.05, 3.63) is 107 Å². The van der Waals surface area contributed by atoms with Gasteiger partial charge in [0.2, 0.25) is 5.91 Å². The van der Waals surface area contributed by atoms with Crippen LogP contribution in [-0.2, 0) is 24.9 Å². The normalized spacial score (nSPS) is 21.2. The highest BCUT2D eigenvalue weighted by Gasteiger charge is 2.31. The molecule has 7 heterocycles. The first-order chi connectivity index (χ1) is 31.1. The van der Waals surface area contributed by atoms with Crippen LogP contribution in [0.2, 0.25) is 0 Å². The van der Waals surface area contributed by atoms with Crippen molar-refractivity contribution in [3.63, 3.8) is 0 Å². The monoisotopic (exact) mass is 871 g/mol. The first-order valence-electron chi connectivity index (χ1n) is 22.9. The minimum Gasteiger partial charge on any atom is -0.378 e. The molecule has 5 N–H and O–H groups in total. The number of rotatable bonds is 9. The average molecular weight is 872 g/mol. The maximum Gasteiger partial charge on any atom is 0.253 e. The Labute approximate surface area is 372 Å². The predicted molar refractivity (Wildman–Crippen MR) is 244 cm³/mol. The molecule has 3 aromatic carbocycles. The average Bonchev–Trinajstić information content (AvgIpc) is 3.91. The highest BCUT2D eigenvalue weighted by Crippen LogP contribution is 2.35. The van der Waals surface area contributed by atoms with Gasteiger partial charge in [-0.3, -0.25) is 14.5 Å². The lowest BCUT2D eigenvalue weighted by Gasteiger charge is -2.32.